The molecule has 1 saturated heterocycles. The first kappa shape index (κ1) is 18.9. The topological polar surface area (TPSA) is 28.2 Å². The van der Waals surface area contributed by atoms with Gasteiger partial charge in [0.25, 0.3) is 0 Å². The maximum Gasteiger partial charge on any atom is 0.0604 e. The van der Waals surface area contributed by atoms with Crippen LogP contribution in [0.1, 0.15) is 41.1 Å². The molecule has 0 bridgehead atoms. The number of pyridine rings is 1. The van der Waals surface area contributed by atoms with Crippen molar-refractivity contribution in [1.82, 2.24) is 15.2 Å². The molecular formula is C25H29N3. The van der Waals surface area contributed by atoms with Crippen LogP contribution in [-0.2, 0) is 6.54 Å². The Morgan fingerprint density at radius 2 is 1.61 bits per heavy atom. The molecular weight excluding hydrogens is 342 g/mol. The third-order valence-electron chi connectivity index (χ3n) is 5.84. The Balaban J connectivity index is 1.45. The van der Waals surface area contributed by atoms with Crippen molar-refractivity contribution in [2.75, 3.05) is 13.1 Å². The van der Waals surface area contributed by atoms with Crippen molar-refractivity contribution in [3.8, 4) is 0 Å². The predicted octanol–water partition coefficient (Wildman–Crippen LogP) is 4.73. The molecule has 0 radical (unpaired) electrons. The van der Waals surface area contributed by atoms with Gasteiger partial charge in [0, 0.05) is 38.1 Å². The van der Waals surface area contributed by atoms with Crippen LogP contribution in [0.3, 0.4) is 0 Å². The lowest BCUT2D eigenvalue weighted by atomic mass is 9.91. The van der Waals surface area contributed by atoms with Gasteiger partial charge in [0.05, 0.1) is 6.04 Å². The number of benzene rings is 2. The smallest absolute Gasteiger partial charge is 0.0604 e. The highest BCUT2D eigenvalue weighted by Crippen LogP contribution is 2.32. The number of hydrogen-bond donors (Lipinski definition) is 1. The zero-order chi connectivity index (χ0) is 19.2. The van der Waals surface area contributed by atoms with Crippen molar-refractivity contribution in [3.63, 3.8) is 0 Å². The van der Waals surface area contributed by atoms with Crippen LogP contribution in [0.4, 0.5) is 0 Å². The van der Waals surface area contributed by atoms with E-state index < -0.39 is 0 Å². The summed E-state index contributed by atoms with van der Waals surface area (Å²) in [6.07, 6.45) is 6.10. The molecule has 144 valence electrons. The van der Waals surface area contributed by atoms with E-state index in [4.69, 9.17) is 0 Å². The number of rotatable bonds is 6. The maximum absolute atomic E-state index is 4.10. The minimum atomic E-state index is 0.337. The van der Waals surface area contributed by atoms with Gasteiger partial charge >= 0.3 is 0 Å². The molecule has 4 rings (SSSR count). The highest BCUT2D eigenvalue weighted by molar-refractivity contribution is 5.37. The summed E-state index contributed by atoms with van der Waals surface area (Å²) in [6, 6.07) is 24.9. The Morgan fingerprint density at radius 1 is 0.929 bits per heavy atom. The first-order valence-electron chi connectivity index (χ1n) is 10.3. The summed E-state index contributed by atoms with van der Waals surface area (Å²) in [6.45, 7) is 5.38. The van der Waals surface area contributed by atoms with Gasteiger partial charge in [0.15, 0.2) is 0 Å². The van der Waals surface area contributed by atoms with Gasteiger partial charge in [0.2, 0.25) is 0 Å². The molecule has 1 aliphatic heterocycles. The number of aryl methyl sites for hydroxylation is 1. The zero-order valence-electron chi connectivity index (χ0n) is 16.6. The minimum Gasteiger partial charge on any atom is -0.310 e. The molecule has 0 saturated carbocycles. The Hall–Kier alpha value is -2.49. The Bertz CT molecular complexity index is 855. The van der Waals surface area contributed by atoms with Gasteiger partial charge < -0.3 is 5.32 Å². The first-order chi connectivity index (χ1) is 13.8. The highest BCUT2D eigenvalue weighted by Gasteiger charge is 2.27. The van der Waals surface area contributed by atoms with Gasteiger partial charge in [-0.2, -0.15) is 0 Å². The Morgan fingerprint density at radius 3 is 2.32 bits per heavy atom. The van der Waals surface area contributed by atoms with Crippen LogP contribution in [0, 0.1) is 6.92 Å². The summed E-state index contributed by atoms with van der Waals surface area (Å²) in [7, 11) is 0. The molecule has 1 aromatic heterocycles. The molecule has 0 aliphatic carbocycles. The van der Waals surface area contributed by atoms with Gasteiger partial charge in [0.1, 0.15) is 0 Å². The second-order valence-corrected chi connectivity index (χ2v) is 7.72. The molecule has 28 heavy (non-hydrogen) atoms. The number of likely N-dealkylation sites (tertiary alicyclic amines) is 1. The summed E-state index contributed by atoms with van der Waals surface area (Å²) >= 11 is 0. The SMILES string of the molecule is Cc1ccccc1C(c1ccccc1)N1CCC(NCc2ccncc2)CC1. The molecule has 3 heteroatoms. The molecule has 1 atom stereocenters. The second-order valence-electron chi connectivity index (χ2n) is 7.72. The average molecular weight is 372 g/mol. The molecule has 2 aromatic carbocycles. The summed E-state index contributed by atoms with van der Waals surface area (Å²) in [4.78, 5) is 6.75. The number of nitrogens with one attached hydrogen (secondary N) is 1. The highest BCUT2D eigenvalue weighted by atomic mass is 15.2. The fourth-order valence-electron chi connectivity index (χ4n) is 4.24. The van der Waals surface area contributed by atoms with Crippen molar-refractivity contribution in [2.24, 2.45) is 0 Å². The van der Waals surface area contributed by atoms with Crippen molar-refractivity contribution in [2.45, 2.75) is 38.4 Å². The van der Waals surface area contributed by atoms with E-state index in [0.717, 1.165) is 19.6 Å². The standard InChI is InChI=1S/C25H29N3/c1-20-7-5-6-10-24(20)25(22-8-3-2-4-9-22)28-17-13-23(14-18-28)27-19-21-11-15-26-16-12-21/h2-12,15-16,23,25,27H,13-14,17-19H2,1H3. The van der Waals surface area contributed by atoms with Gasteiger partial charge in [-0.15, -0.1) is 0 Å². The molecule has 3 nitrogen and oxygen atoms in total. The molecule has 0 spiro atoms. The largest absolute Gasteiger partial charge is 0.310 e. The summed E-state index contributed by atoms with van der Waals surface area (Å²) in [5.41, 5.74) is 5.49. The summed E-state index contributed by atoms with van der Waals surface area (Å²) < 4.78 is 0. The number of aromatic nitrogens is 1. The molecule has 3 aromatic rings. The van der Waals surface area contributed by atoms with Crippen LogP contribution in [0.5, 0.6) is 0 Å². The lowest BCUT2D eigenvalue weighted by Crippen LogP contribution is -2.44. The van der Waals surface area contributed by atoms with E-state index in [9.17, 15) is 0 Å². The van der Waals surface area contributed by atoms with Crippen molar-refractivity contribution >= 4 is 0 Å². The van der Waals surface area contributed by atoms with E-state index in [1.807, 2.05) is 12.4 Å². The van der Waals surface area contributed by atoms with Crippen LogP contribution < -0.4 is 5.32 Å². The number of piperidine rings is 1. The first-order valence-corrected chi connectivity index (χ1v) is 10.3. The Labute approximate surface area is 168 Å². The molecule has 1 aliphatic rings. The molecule has 2 heterocycles. The normalized spacial score (nSPS) is 16.8. The van der Waals surface area contributed by atoms with Crippen LogP contribution in [0.25, 0.3) is 0 Å². The zero-order valence-corrected chi connectivity index (χ0v) is 16.6. The van der Waals surface area contributed by atoms with Gasteiger partial charge in [-0.25, -0.2) is 0 Å². The number of hydrogen-bond acceptors (Lipinski definition) is 3. The van der Waals surface area contributed by atoms with Crippen LogP contribution in [-0.4, -0.2) is 29.0 Å². The van der Waals surface area contributed by atoms with Crippen LogP contribution >= 0.6 is 0 Å². The van der Waals surface area contributed by atoms with E-state index in [2.05, 4.69) is 88.9 Å². The summed E-state index contributed by atoms with van der Waals surface area (Å²) in [5, 5.41) is 3.73. The van der Waals surface area contributed by atoms with Crippen molar-refractivity contribution in [1.29, 1.82) is 0 Å². The van der Waals surface area contributed by atoms with E-state index in [0.29, 0.717) is 12.1 Å². The van der Waals surface area contributed by atoms with Gasteiger partial charge in [-0.3, -0.25) is 9.88 Å². The second kappa shape index (κ2) is 9.13. The third-order valence-corrected chi connectivity index (χ3v) is 5.84. The van der Waals surface area contributed by atoms with Gasteiger partial charge in [-0.05, 0) is 54.2 Å². The van der Waals surface area contributed by atoms with Crippen LogP contribution in [0.2, 0.25) is 0 Å². The van der Waals surface area contributed by atoms with Crippen LogP contribution in [0.15, 0.2) is 79.1 Å². The van der Waals surface area contributed by atoms with Crippen molar-refractivity contribution in [3.05, 3.63) is 101 Å². The molecule has 1 N–H and O–H groups in total. The van der Waals surface area contributed by atoms with E-state index in [-0.39, 0.29) is 0 Å². The van der Waals surface area contributed by atoms with Gasteiger partial charge in [-0.1, -0.05) is 54.6 Å². The minimum absolute atomic E-state index is 0.337. The molecule has 1 fully saturated rings. The fraction of sp³-hybridized carbons (Fsp3) is 0.320. The quantitative estimate of drug-likeness (QED) is 0.679. The average Bonchev–Trinajstić information content (AvgIpc) is 2.76. The fourth-order valence-corrected chi connectivity index (χ4v) is 4.24. The third kappa shape index (κ3) is 4.49. The maximum atomic E-state index is 4.10. The van der Waals surface area contributed by atoms with E-state index >= 15 is 0 Å². The summed E-state index contributed by atoms with van der Waals surface area (Å²) in [5.74, 6) is 0. The number of nitrogens with zero attached hydrogens (tertiary/aromatic N) is 2. The lowest BCUT2D eigenvalue weighted by molar-refractivity contribution is 0.162. The monoisotopic (exact) mass is 371 g/mol. The van der Waals surface area contributed by atoms with E-state index in [1.165, 1.54) is 35.1 Å². The van der Waals surface area contributed by atoms with Crippen molar-refractivity contribution < 1.29 is 0 Å². The van der Waals surface area contributed by atoms with E-state index in [1.54, 1.807) is 0 Å². The molecule has 0 amide bonds. The molecule has 1 unspecified atom stereocenters. The predicted molar refractivity (Wildman–Crippen MR) is 115 cm³/mol. The Kier molecular flexibility index (Phi) is 6.15. The lowest BCUT2D eigenvalue weighted by Gasteiger charge is -2.39.